The first-order valence-corrected chi connectivity index (χ1v) is 5.71. The summed E-state index contributed by atoms with van der Waals surface area (Å²) in [6.45, 7) is 4.34. The number of phenols is 1. The second-order valence-electron chi connectivity index (χ2n) is 4.76. The second-order valence-corrected chi connectivity index (χ2v) is 4.76. The molecule has 0 bridgehead atoms. The first kappa shape index (κ1) is 10.3. The highest BCUT2D eigenvalue weighted by Crippen LogP contribution is 2.29. The van der Waals surface area contributed by atoms with Gasteiger partial charge in [-0.3, -0.25) is 0 Å². The summed E-state index contributed by atoms with van der Waals surface area (Å²) in [5, 5.41) is 12.9. The number of hydrogen-bond acceptors (Lipinski definition) is 2. The van der Waals surface area contributed by atoms with Crippen LogP contribution in [0.3, 0.4) is 0 Å². The summed E-state index contributed by atoms with van der Waals surface area (Å²) in [4.78, 5) is 0. The molecule has 0 saturated heterocycles. The Labute approximate surface area is 91.3 Å². The van der Waals surface area contributed by atoms with Crippen molar-refractivity contribution in [2.24, 2.45) is 5.92 Å². The molecule has 1 fully saturated rings. The minimum absolute atomic E-state index is 0.345. The van der Waals surface area contributed by atoms with Gasteiger partial charge in [-0.1, -0.05) is 6.92 Å². The molecule has 0 amide bonds. The van der Waals surface area contributed by atoms with E-state index in [2.05, 4.69) is 12.2 Å². The van der Waals surface area contributed by atoms with E-state index in [1.165, 1.54) is 19.3 Å². The van der Waals surface area contributed by atoms with Gasteiger partial charge >= 0.3 is 0 Å². The number of hydrogen-bond donors (Lipinski definition) is 2. The number of phenolic OH excluding ortho intramolecular Hbond substituents is 1. The van der Waals surface area contributed by atoms with Crippen molar-refractivity contribution in [2.75, 3.05) is 5.32 Å². The van der Waals surface area contributed by atoms with Crippen LogP contribution in [-0.4, -0.2) is 11.1 Å². The van der Waals surface area contributed by atoms with Gasteiger partial charge in [0, 0.05) is 11.7 Å². The Kier molecular flexibility index (Phi) is 2.85. The molecule has 0 aromatic heterocycles. The summed E-state index contributed by atoms with van der Waals surface area (Å²) in [6.07, 6.45) is 3.86. The summed E-state index contributed by atoms with van der Waals surface area (Å²) >= 11 is 0. The minimum atomic E-state index is 0.345. The highest BCUT2D eigenvalue weighted by Gasteiger charge is 2.21. The summed E-state index contributed by atoms with van der Waals surface area (Å²) < 4.78 is 0. The SMILES string of the molecule is Cc1cc(O)ccc1NC1CCC(C)C1. The molecule has 2 rings (SSSR count). The van der Waals surface area contributed by atoms with Gasteiger partial charge in [-0.25, -0.2) is 0 Å². The minimum Gasteiger partial charge on any atom is -0.508 e. The number of aryl methyl sites for hydroxylation is 1. The lowest BCUT2D eigenvalue weighted by Crippen LogP contribution is -2.15. The van der Waals surface area contributed by atoms with Gasteiger partial charge in [0.05, 0.1) is 0 Å². The van der Waals surface area contributed by atoms with Gasteiger partial charge in [0.25, 0.3) is 0 Å². The Morgan fingerprint density at radius 3 is 2.73 bits per heavy atom. The van der Waals surface area contributed by atoms with Crippen LogP contribution < -0.4 is 5.32 Å². The molecule has 2 heteroatoms. The van der Waals surface area contributed by atoms with E-state index < -0.39 is 0 Å². The summed E-state index contributed by atoms with van der Waals surface area (Å²) in [5.41, 5.74) is 2.28. The van der Waals surface area contributed by atoms with Crippen LogP contribution in [0, 0.1) is 12.8 Å². The van der Waals surface area contributed by atoms with E-state index >= 15 is 0 Å². The average molecular weight is 205 g/mol. The van der Waals surface area contributed by atoms with Crippen molar-refractivity contribution in [1.29, 1.82) is 0 Å². The maximum absolute atomic E-state index is 9.31. The third-order valence-corrected chi connectivity index (χ3v) is 3.26. The number of anilines is 1. The predicted octanol–water partition coefficient (Wildman–Crippen LogP) is 3.30. The van der Waals surface area contributed by atoms with Gasteiger partial charge in [0.2, 0.25) is 0 Å². The van der Waals surface area contributed by atoms with Gasteiger partial charge in [0.15, 0.2) is 0 Å². The highest BCUT2D eigenvalue weighted by atomic mass is 16.3. The van der Waals surface area contributed by atoms with Crippen LogP contribution in [-0.2, 0) is 0 Å². The summed E-state index contributed by atoms with van der Waals surface area (Å²) in [7, 11) is 0. The average Bonchev–Trinajstić information content (AvgIpc) is 2.56. The molecular weight excluding hydrogens is 186 g/mol. The zero-order valence-electron chi connectivity index (χ0n) is 9.46. The molecule has 0 heterocycles. The van der Waals surface area contributed by atoms with Crippen LogP contribution in [0.2, 0.25) is 0 Å². The molecular formula is C13H19NO. The fourth-order valence-corrected chi connectivity index (χ4v) is 2.37. The smallest absolute Gasteiger partial charge is 0.115 e. The molecule has 82 valence electrons. The molecule has 2 nitrogen and oxygen atoms in total. The monoisotopic (exact) mass is 205 g/mol. The zero-order valence-corrected chi connectivity index (χ0v) is 9.46. The Morgan fingerprint density at radius 2 is 2.13 bits per heavy atom. The van der Waals surface area contributed by atoms with Crippen LogP contribution in [0.4, 0.5) is 5.69 Å². The lowest BCUT2D eigenvalue weighted by molar-refractivity contribution is 0.475. The maximum atomic E-state index is 9.31. The molecule has 2 unspecified atom stereocenters. The van der Waals surface area contributed by atoms with E-state index in [-0.39, 0.29) is 0 Å². The van der Waals surface area contributed by atoms with Crippen molar-refractivity contribution < 1.29 is 5.11 Å². The molecule has 2 N–H and O–H groups in total. The van der Waals surface area contributed by atoms with Gasteiger partial charge in [-0.05, 0) is 55.9 Å². The van der Waals surface area contributed by atoms with E-state index in [4.69, 9.17) is 0 Å². The molecule has 0 spiro atoms. The van der Waals surface area contributed by atoms with Gasteiger partial charge < -0.3 is 10.4 Å². The molecule has 1 aromatic rings. The van der Waals surface area contributed by atoms with Crippen LogP contribution >= 0.6 is 0 Å². The lowest BCUT2D eigenvalue weighted by atomic mass is 10.1. The molecule has 15 heavy (non-hydrogen) atoms. The molecule has 1 aliphatic carbocycles. The third-order valence-electron chi connectivity index (χ3n) is 3.26. The fourth-order valence-electron chi connectivity index (χ4n) is 2.37. The molecule has 0 radical (unpaired) electrons. The van der Waals surface area contributed by atoms with E-state index in [0.29, 0.717) is 11.8 Å². The van der Waals surface area contributed by atoms with Gasteiger partial charge in [-0.15, -0.1) is 0 Å². The van der Waals surface area contributed by atoms with Crippen molar-refractivity contribution in [2.45, 2.75) is 39.2 Å². The summed E-state index contributed by atoms with van der Waals surface area (Å²) in [6, 6.07) is 6.13. The zero-order chi connectivity index (χ0) is 10.8. The first-order valence-electron chi connectivity index (χ1n) is 5.71. The van der Waals surface area contributed by atoms with Crippen LogP contribution in [0.5, 0.6) is 5.75 Å². The van der Waals surface area contributed by atoms with E-state index in [1.807, 2.05) is 13.0 Å². The van der Waals surface area contributed by atoms with E-state index in [0.717, 1.165) is 17.2 Å². The number of rotatable bonds is 2. The normalized spacial score (nSPS) is 25.5. The topological polar surface area (TPSA) is 32.3 Å². The van der Waals surface area contributed by atoms with Gasteiger partial charge in [0.1, 0.15) is 5.75 Å². The van der Waals surface area contributed by atoms with Crippen LogP contribution in [0.15, 0.2) is 18.2 Å². The Bertz CT molecular complexity index is 348. The number of nitrogens with one attached hydrogen (secondary N) is 1. The maximum Gasteiger partial charge on any atom is 0.115 e. The largest absolute Gasteiger partial charge is 0.508 e. The Hall–Kier alpha value is -1.18. The Morgan fingerprint density at radius 1 is 1.33 bits per heavy atom. The van der Waals surface area contributed by atoms with E-state index in [1.54, 1.807) is 12.1 Å². The number of benzene rings is 1. The van der Waals surface area contributed by atoms with Crippen LogP contribution in [0.25, 0.3) is 0 Å². The standard InChI is InChI=1S/C13H19NO/c1-9-3-4-11(7-9)14-13-6-5-12(15)8-10(13)2/h5-6,8-9,11,14-15H,3-4,7H2,1-2H3. The van der Waals surface area contributed by atoms with Crippen LogP contribution in [0.1, 0.15) is 31.7 Å². The molecule has 2 atom stereocenters. The fraction of sp³-hybridized carbons (Fsp3) is 0.538. The van der Waals surface area contributed by atoms with Gasteiger partial charge in [-0.2, -0.15) is 0 Å². The molecule has 1 saturated carbocycles. The van der Waals surface area contributed by atoms with Crippen molar-refractivity contribution >= 4 is 5.69 Å². The van der Waals surface area contributed by atoms with Crippen molar-refractivity contribution in [1.82, 2.24) is 0 Å². The Balaban J connectivity index is 2.04. The van der Waals surface area contributed by atoms with E-state index in [9.17, 15) is 5.11 Å². The number of aromatic hydroxyl groups is 1. The molecule has 1 aliphatic rings. The third kappa shape index (κ3) is 2.44. The molecule has 1 aromatic carbocycles. The highest BCUT2D eigenvalue weighted by molar-refractivity contribution is 5.54. The quantitative estimate of drug-likeness (QED) is 0.726. The van der Waals surface area contributed by atoms with Crippen molar-refractivity contribution in [3.8, 4) is 5.75 Å². The second kappa shape index (κ2) is 4.13. The van der Waals surface area contributed by atoms with Crippen molar-refractivity contribution in [3.63, 3.8) is 0 Å². The van der Waals surface area contributed by atoms with Crippen molar-refractivity contribution in [3.05, 3.63) is 23.8 Å². The lowest BCUT2D eigenvalue weighted by Gasteiger charge is -2.16. The molecule has 0 aliphatic heterocycles. The first-order chi connectivity index (χ1) is 7.15. The predicted molar refractivity (Wildman–Crippen MR) is 63.3 cm³/mol. The summed E-state index contributed by atoms with van der Waals surface area (Å²) in [5.74, 6) is 1.19.